The van der Waals surface area contributed by atoms with E-state index in [1.54, 1.807) is 6.07 Å². The molecule has 3 aromatic carbocycles. The summed E-state index contributed by atoms with van der Waals surface area (Å²) >= 11 is 0. The van der Waals surface area contributed by atoms with Gasteiger partial charge in [-0.15, -0.1) is 0 Å². The van der Waals surface area contributed by atoms with Gasteiger partial charge in [-0.05, 0) is 35.4 Å². The molecule has 0 fully saturated rings. The van der Waals surface area contributed by atoms with Gasteiger partial charge in [0, 0.05) is 5.69 Å². The summed E-state index contributed by atoms with van der Waals surface area (Å²) in [4.78, 5) is 24.2. The lowest BCUT2D eigenvalue weighted by Gasteiger charge is -2.14. The second-order valence-electron chi connectivity index (χ2n) is 5.62. The van der Waals surface area contributed by atoms with Crippen LogP contribution in [0.4, 0.5) is 5.69 Å². The molecule has 120 valence electrons. The molecule has 4 heteroatoms. The lowest BCUT2D eigenvalue weighted by atomic mass is 10.1. The molecule has 1 unspecified atom stereocenters. The van der Waals surface area contributed by atoms with Gasteiger partial charge in [-0.1, -0.05) is 60.7 Å². The average molecular weight is 318 g/mol. The molecule has 0 bridgehead atoms. The Bertz CT molecular complexity index is 875. The van der Waals surface area contributed by atoms with Gasteiger partial charge >= 0.3 is 11.8 Å². The van der Waals surface area contributed by atoms with Crippen molar-refractivity contribution in [2.75, 3.05) is 5.32 Å². The molecule has 4 nitrogen and oxygen atoms in total. The van der Waals surface area contributed by atoms with E-state index in [0.29, 0.717) is 5.69 Å². The zero-order valence-corrected chi connectivity index (χ0v) is 13.3. The molecule has 24 heavy (non-hydrogen) atoms. The quantitative estimate of drug-likeness (QED) is 0.724. The van der Waals surface area contributed by atoms with Crippen molar-refractivity contribution in [3.05, 3.63) is 78.4 Å². The summed E-state index contributed by atoms with van der Waals surface area (Å²) in [5.41, 5.74) is 1.55. The first-order valence-electron chi connectivity index (χ1n) is 7.79. The molecule has 0 spiro atoms. The molecule has 3 aromatic rings. The first-order chi connectivity index (χ1) is 11.6. The van der Waals surface area contributed by atoms with E-state index in [-0.39, 0.29) is 6.04 Å². The third-order valence-electron chi connectivity index (χ3n) is 3.86. The highest BCUT2D eigenvalue weighted by molar-refractivity contribution is 6.39. The van der Waals surface area contributed by atoms with Crippen molar-refractivity contribution in [2.45, 2.75) is 13.0 Å². The Labute approximate surface area is 140 Å². The minimum atomic E-state index is -0.673. The molecule has 3 rings (SSSR count). The highest BCUT2D eigenvalue weighted by Gasteiger charge is 2.17. The van der Waals surface area contributed by atoms with Gasteiger partial charge in [0.2, 0.25) is 0 Å². The van der Waals surface area contributed by atoms with Crippen LogP contribution < -0.4 is 10.6 Å². The topological polar surface area (TPSA) is 58.2 Å². The van der Waals surface area contributed by atoms with Gasteiger partial charge < -0.3 is 10.6 Å². The third kappa shape index (κ3) is 3.60. The van der Waals surface area contributed by atoms with Crippen LogP contribution in [0.15, 0.2) is 72.8 Å². The van der Waals surface area contributed by atoms with E-state index in [0.717, 1.165) is 16.3 Å². The smallest absolute Gasteiger partial charge is 0.313 e. The molecule has 0 heterocycles. The van der Waals surface area contributed by atoms with Crippen LogP contribution in [-0.2, 0) is 9.59 Å². The van der Waals surface area contributed by atoms with Gasteiger partial charge in [0.25, 0.3) is 0 Å². The van der Waals surface area contributed by atoms with Crippen LogP contribution in [0.25, 0.3) is 10.8 Å². The maximum atomic E-state index is 12.1. The predicted octanol–water partition coefficient (Wildman–Crippen LogP) is 3.66. The fourth-order valence-electron chi connectivity index (χ4n) is 2.54. The first-order valence-corrected chi connectivity index (χ1v) is 7.79. The zero-order valence-electron chi connectivity index (χ0n) is 13.3. The fraction of sp³-hybridized carbons (Fsp3) is 0.100. The third-order valence-corrected chi connectivity index (χ3v) is 3.86. The van der Waals surface area contributed by atoms with Gasteiger partial charge in [-0.2, -0.15) is 0 Å². The van der Waals surface area contributed by atoms with E-state index in [1.165, 1.54) is 0 Å². The fourth-order valence-corrected chi connectivity index (χ4v) is 2.54. The molecule has 0 aliphatic rings. The average Bonchev–Trinajstić information content (AvgIpc) is 2.62. The summed E-state index contributed by atoms with van der Waals surface area (Å²) in [6.45, 7) is 1.84. The SMILES string of the molecule is CC(NC(=O)C(=O)Nc1ccc2ccccc2c1)c1ccccc1. The second-order valence-corrected chi connectivity index (χ2v) is 5.62. The van der Waals surface area contributed by atoms with E-state index >= 15 is 0 Å². The maximum absolute atomic E-state index is 12.1. The summed E-state index contributed by atoms with van der Waals surface area (Å²) in [5, 5.41) is 7.43. The van der Waals surface area contributed by atoms with Crippen molar-refractivity contribution < 1.29 is 9.59 Å². The number of fused-ring (bicyclic) bond motifs is 1. The predicted molar refractivity (Wildman–Crippen MR) is 95.6 cm³/mol. The maximum Gasteiger partial charge on any atom is 0.313 e. The Morgan fingerprint density at radius 3 is 2.21 bits per heavy atom. The second kappa shape index (κ2) is 6.96. The van der Waals surface area contributed by atoms with Crippen LogP contribution in [-0.4, -0.2) is 11.8 Å². The molecule has 2 N–H and O–H groups in total. The number of anilines is 1. The van der Waals surface area contributed by atoms with Crippen molar-refractivity contribution in [1.29, 1.82) is 0 Å². The Hall–Kier alpha value is -3.14. The van der Waals surface area contributed by atoms with Crippen molar-refractivity contribution in [1.82, 2.24) is 5.32 Å². The Balaban J connectivity index is 1.66. The summed E-state index contributed by atoms with van der Waals surface area (Å²) in [5.74, 6) is -1.33. The number of benzene rings is 3. The van der Waals surface area contributed by atoms with Crippen LogP contribution in [0.1, 0.15) is 18.5 Å². The standard InChI is InChI=1S/C20H18N2O2/c1-14(15-7-3-2-4-8-15)21-19(23)20(24)22-18-12-11-16-9-5-6-10-17(16)13-18/h2-14H,1H3,(H,21,23)(H,22,24). The highest BCUT2D eigenvalue weighted by Crippen LogP contribution is 2.19. The largest absolute Gasteiger partial charge is 0.341 e. The number of hydrogen-bond donors (Lipinski definition) is 2. The van der Waals surface area contributed by atoms with E-state index in [4.69, 9.17) is 0 Å². The Morgan fingerprint density at radius 2 is 1.46 bits per heavy atom. The lowest BCUT2D eigenvalue weighted by Crippen LogP contribution is -2.36. The molecule has 0 aromatic heterocycles. The van der Waals surface area contributed by atoms with E-state index < -0.39 is 11.8 Å². The number of hydrogen-bond acceptors (Lipinski definition) is 2. The van der Waals surface area contributed by atoms with Crippen molar-refractivity contribution in [3.63, 3.8) is 0 Å². The van der Waals surface area contributed by atoms with Gasteiger partial charge in [0.15, 0.2) is 0 Å². The minimum absolute atomic E-state index is 0.235. The normalized spacial score (nSPS) is 11.7. The monoisotopic (exact) mass is 318 g/mol. The molecule has 0 aliphatic carbocycles. The molecule has 0 aliphatic heterocycles. The molecular weight excluding hydrogens is 300 g/mol. The summed E-state index contributed by atoms with van der Waals surface area (Å²) in [7, 11) is 0. The summed E-state index contributed by atoms with van der Waals surface area (Å²) < 4.78 is 0. The van der Waals surface area contributed by atoms with Crippen molar-refractivity contribution in [3.8, 4) is 0 Å². The number of amides is 2. The van der Waals surface area contributed by atoms with Crippen LogP contribution in [0.2, 0.25) is 0 Å². The van der Waals surface area contributed by atoms with Crippen LogP contribution in [0.5, 0.6) is 0 Å². The minimum Gasteiger partial charge on any atom is -0.341 e. The first kappa shape index (κ1) is 15.7. The molecule has 0 saturated carbocycles. The van der Waals surface area contributed by atoms with Crippen LogP contribution in [0.3, 0.4) is 0 Å². The van der Waals surface area contributed by atoms with E-state index in [1.807, 2.05) is 73.7 Å². The van der Waals surface area contributed by atoms with Crippen LogP contribution in [0, 0.1) is 0 Å². The molecular formula is C20H18N2O2. The van der Waals surface area contributed by atoms with Gasteiger partial charge in [-0.3, -0.25) is 9.59 Å². The zero-order chi connectivity index (χ0) is 16.9. The van der Waals surface area contributed by atoms with E-state index in [2.05, 4.69) is 10.6 Å². The van der Waals surface area contributed by atoms with Crippen molar-refractivity contribution >= 4 is 28.3 Å². The van der Waals surface area contributed by atoms with Crippen molar-refractivity contribution in [2.24, 2.45) is 0 Å². The number of rotatable bonds is 3. The van der Waals surface area contributed by atoms with E-state index in [9.17, 15) is 9.59 Å². The van der Waals surface area contributed by atoms with Gasteiger partial charge in [0.1, 0.15) is 0 Å². The lowest BCUT2D eigenvalue weighted by molar-refractivity contribution is -0.136. The summed E-state index contributed by atoms with van der Waals surface area (Å²) in [6.07, 6.45) is 0. The molecule has 0 radical (unpaired) electrons. The Kier molecular flexibility index (Phi) is 4.57. The molecule has 1 atom stereocenters. The summed E-state index contributed by atoms with van der Waals surface area (Å²) in [6, 6.07) is 22.7. The molecule has 2 amide bonds. The number of carbonyl (C=O) groups is 2. The van der Waals surface area contributed by atoms with Crippen LogP contribution >= 0.6 is 0 Å². The number of carbonyl (C=O) groups excluding carboxylic acids is 2. The van der Waals surface area contributed by atoms with Gasteiger partial charge in [0.05, 0.1) is 6.04 Å². The van der Waals surface area contributed by atoms with Gasteiger partial charge in [-0.25, -0.2) is 0 Å². The molecule has 0 saturated heterocycles. The Morgan fingerprint density at radius 1 is 0.792 bits per heavy atom. The number of nitrogens with one attached hydrogen (secondary N) is 2. The highest BCUT2D eigenvalue weighted by atomic mass is 16.2.